The molecule has 8 heteroatoms. The Kier molecular flexibility index (Phi) is 4.43. The van der Waals surface area contributed by atoms with Crippen LogP contribution in [-0.4, -0.2) is 25.7 Å². The van der Waals surface area contributed by atoms with E-state index in [0.29, 0.717) is 39.5 Å². The average molecular weight is 416 g/mol. The third-order valence-electron chi connectivity index (χ3n) is 5.50. The Bertz CT molecular complexity index is 1340. The number of pyridine rings is 2. The zero-order valence-corrected chi connectivity index (χ0v) is 17.2. The molecular formula is C23H21FN6O. The summed E-state index contributed by atoms with van der Waals surface area (Å²) >= 11 is 0. The minimum atomic E-state index is -0.332. The molecule has 1 aromatic carbocycles. The molecule has 0 spiro atoms. The van der Waals surface area contributed by atoms with E-state index in [4.69, 9.17) is 5.73 Å². The van der Waals surface area contributed by atoms with E-state index in [-0.39, 0.29) is 17.6 Å². The van der Waals surface area contributed by atoms with Crippen molar-refractivity contribution in [3.8, 4) is 22.6 Å². The summed E-state index contributed by atoms with van der Waals surface area (Å²) in [5, 5.41) is 8.96. The SMILES string of the molecule is Cc1ccc(F)cc1-c1cc2cc(-c3nn(C)cc3NC(=O)C3CC3)ncc2c(N)n1. The van der Waals surface area contributed by atoms with Crippen LogP contribution in [-0.2, 0) is 11.8 Å². The lowest BCUT2D eigenvalue weighted by molar-refractivity contribution is -0.117. The molecule has 5 rings (SSSR count). The van der Waals surface area contributed by atoms with E-state index >= 15 is 0 Å². The highest BCUT2D eigenvalue weighted by atomic mass is 19.1. The number of hydrogen-bond donors (Lipinski definition) is 2. The first-order valence-electron chi connectivity index (χ1n) is 10.1. The van der Waals surface area contributed by atoms with Crippen LogP contribution in [0.5, 0.6) is 0 Å². The first kappa shape index (κ1) is 19.2. The highest BCUT2D eigenvalue weighted by Crippen LogP contribution is 2.34. The Labute approximate surface area is 178 Å². The molecule has 0 radical (unpaired) electrons. The normalized spacial score (nSPS) is 13.5. The topological polar surface area (TPSA) is 98.7 Å². The van der Waals surface area contributed by atoms with Crippen molar-refractivity contribution in [2.24, 2.45) is 13.0 Å². The molecule has 0 unspecified atom stereocenters. The van der Waals surface area contributed by atoms with Gasteiger partial charge in [-0.05, 0) is 55.0 Å². The predicted molar refractivity (Wildman–Crippen MR) is 118 cm³/mol. The molecule has 3 N–H and O–H groups in total. The maximum Gasteiger partial charge on any atom is 0.227 e. The highest BCUT2D eigenvalue weighted by Gasteiger charge is 2.30. The van der Waals surface area contributed by atoms with Crippen molar-refractivity contribution in [3.05, 3.63) is 54.1 Å². The number of amides is 1. The van der Waals surface area contributed by atoms with E-state index in [0.717, 1.165) is 23.8 Å². The van der Waals surface area contributed by atoms with Crippen LogP contribution in [0.4, 0.5) is 15.9 Å². The van der Waals surface area contributed by atoms with Crippen LogP contribution >= 0.6 is 0 Å². The number of aryl methyl sites for hydroxylation is 2. The third kappa shape index (κ3) is 3.61. The van der Waals surface area contributed by atoms with E-state index in [2.05, 4.69) is 20.4 Å². The number of nitrogens with zero attached hydrogens (tertiary/aromatic N) is 4. The van der Waals surface area contributed by atoms with Crippen LogP contribution in [0, 0.1) is 18.7 Å². The van der Waals surface area contributed by atoms with Gasteiger partial charge in [0.15, 0.2) is 0 Å². The number of aromatic nitrogens is 4. The van der Waals surface area contributed by atoms with E-state index in [1.54, 1.807) is 30.2 Å². The fourth-order valence-corrected chi connectivity index (χ4v) is 3.66. The zero-order valence-electron chi connectivity index (χ0n) is 17.2. The second-order valence-electron chi connectivity index (χ2n) is 7.97. The lowest BCUT2D eigenvalue weighted by Crippen LogP contribution is -2.13. The molecule has 0 aliphatic heterocycles. The number of nitrogen functional groups attached to an aromatic ring is 1. The molecule has 0 saturated heterocycles. The number of fused-ring (bicyclic) bond motifs is 1. The first-order valence-corrected chi connectivity index (χ1v) is 10.1. The standard InChI is InChI=1S/C23H21FN6O/c1-12-3-6-15(24)9-16(12)18-7-14-8-19(26-10-17(14)22(25)27-18)21-20(11-30(2)29-21)28-23(31)13-4-5-13/h3,6-11,13H,4-5H2,1-2H3,(H2,25,27)(H,28,31). The average Bonchev–Trinajstić information content (AvgIpc) is 3.53. The molecule has 1 aliphatic rings. The monoisotopic (exact) mass is 416 g/mol. The van der Waals surface area contributed by atoms with Gasteiger partial charge < -0.3 is 11.1 Å². The van der Waals surface area contributed by atoms with Gasteiger partial charge in [-0.2, -0.15) is 5.10 Å². The number of carbonyl (C=O) groups excluding carboxylic acids is 1. The van der Waals surface area contributed by atoms with Crippen molar-refractivity contribution < 1.29 is 9.18 Å². The van der Waals surface area contributed by atoms with Gasteiger partial charge in [-0.1, -0.05) is 6.07 Å². The van der Waals surface area contributed by atoms with Gasteiger partial charge in [0, 0.05) is 36.3 Å². The Morgan fingerprint density at radius 1 is 1.23 bits per heavy atom. The van der Waals surface area contributed by atoms with Crippen LogP contribution in [0.25, 0.3) is 33.4 Å². The van der Waals surface area contributed by atoms with E-state index in [9.17, 15) is 9.18 Å². The summed E-state index contributed by atoms with van der Waals surface area (Å²) in [5.74, 6) is 0.0763. The van der Waals surface area contributed by atoms with E-state index < -0.39 is 0 Å². The van der Waals surface area contributed by atoms with Crippen molar-refractivity contribution in [2.45, 2.75) is 19.8 Å². The molecule has 3 heterocycles. The van der Waals surface area contributed by atoms with Crippen LogP contribution in [0.3, 0.4) is 0 Å². The van der Waals surface area contributed by atoms with Crippen molar-refractivity contribution in [1.82, 2.24) is 19.7 Å². The minimum absolute atomic E-state index is 0.00680. The molecule has 1 aliphatic carbocycles. The maximum absolute atomic E-state index is 13.8. The molecule has 0 atom stereocenters. The smallest absolute Gasteiger partial charge is 0.227 e. The fraction of sp³-hybridized carbons (Fsp3) is 0.217. The molecule has 1 saturated carbocycles. The third-order valence-corrected chi connectivity index (χ3v) is 5.50. The van der Waals surface area contributed by atoms with Crippen LogP contribution in [0.2, 0.25) is 0 Å². The Hall–Kier alpha value is -3.81. The predicted octanol–water partition coefficient (Wildman–Crippen LogP) is 4.08. The van der Waals surface area contributed by atoms with E-state index in [1.165, 1.54) is 12.1 Å². The Balaban J connectivity index is 1.60. The van der Waals surface area contributed by atoms with Crippen molar-refractivity contribution in [3.63, 3.8) is 0 Å². The number of nitrogens with one attached hydrogen (secondary N) is 1. The van der Waals surface area contributed by atoms with Gasteiger partial charge in [0.1, 0.15) is 17.3 Å². The van der Waals surface area contributed by atoms with Gasteiger partial charge in [-0.25, -0.2) is 9.37 Å². The van der Waals surface area contributed by atoms with Crippen LogP contribution in [0.1, 0.15) is 18.4 Å². The molecule has 0 bridgehead atoms. The van der Waals surface area contributed by atoms with Gasteiger partial charge in [0.25, 0.3) is 0 Å². The van der Waals surface area contributed by atoms with Gasteiger partial charge in [0.05, 0.1) is 17.1 Å². The lowest BCUT2D eigenvalue weighted by atomic mass is 10.0. The second-order valence-corrected chi connectivity index (χ2v) is 7.97. The molecule has 1 fully saturated rings. The highest BCUT2D eigenvalue weighted by molar-refractivity contribution is 5.99. The number of anilines is 2. The van der Waals surface area contributed by atoms with Crippen molar-refractivity contribution in [1.29, 1.82) is 0 Å². The second kappa shape index (κ2) is 7.16. The number of carbonyl (C=O) groups is 1. The number of nitrogens with two attached hydrogens (primary N) is 1. The van der Waals surface area contributed by atoms with Gasteiger partial charge in [-0.3, -0.25) is 14.5 Å². The lowest BCUT2D eigenvalue weighted by Gasteiger charge is -2.10. The fourth-order valence-electron chi connectivity index (χ4n) is 3.66. The summed E-state index contributed by atoms with van der Waals surface area (Å²) in [7, 11) is 1.80. The molecule has 31 heavy (non-hydrogen) atoms. The van der Waals surface area contributed by atoms with Gasteiger partial charge >= 0.3 is 0 Å². The maximum atomic E-state index is 13.8. The summed E-state index contributed by atoms with van der Waals surface area (Å²) in [5.41, 5.74) is 10.2. The summed E-state index contributed by atoms with van der Waals surface area (Å²) < 4.78 is 15.5. The Morgan fingerprint density at radius 3 is 2.77 bits per heavy atom. The minimum Gasteiger partial charge on any atom is -0.383 e. The molecule has 7 nitrogen and oxygen atoms in total. The summed E-state index contributed by atoms with van der Waals surface area (Å²) in [6.45, 7) is 1.90. The van der Waals surface area contributed by atoms with Crippen LogP contribution < -0.4 is 11.1 Å². The number of halogens is 1. The van der Waals surface area contributed by atoms with E-state index in [1.807, 2.05) is 19.1 Å². The molecule has 1 amide bonds. The first-order chi connectivity index (χ1) is 14.9. The number of hydrogen-bond acceptors (Lipinski definition) is 5. The van der Waals surface area contributed by atoms with Crippen LogP contribution in [0.15, 0.2) is 42.7 Å². The van der Waals surface area contributed by atoms with Crippen molar-refractivity contribution >= 4 is 28.2 Å². The molecule has 4 aromatic rings. The quantitative estimate of drug-likeness (QED) is 0.522. The summed E-state index contributed by atoms with van der Waals surface area (Å²) in [6, 6.07) is 8.32. The van der Waals surface area contributed by atoms with Gasteiger partial charge in [0.2, 0.25) is 5.91 Å². The summed E-state index contributed by atoms with van der Waals surface area (Å²) in [6.07, 6.45) is 5.26. The zero-order chi connectivity index (χ0) is 21.7. The number of benzene rings is 1. The van der Waals surface area contributed by atoms with Gasteiger partial charge in [-0.15, -0.1) is 0 Å². The molecular weight excluding hydrogens is 395 g/mol. The van der Waals surface area contributed by atoms with Crippen molar-refractivity contribution in [2.75, 3.05) is 11.1 Å². The largest absolute Gasteiger partial charge is 0.383 e. The Morgan fingerprint density at radius 2 is 2.00 bits per heavy atom. The molecule has 3 aromatic heterocycles. The molecule has 156 valence electrons. The number of rotatable bonds is 4. The summed E-state index contributed by atoms with van der Waals surface area (Å²) in [4.78, 5) is 21.2.